The summed E-state index contributed by atoms with van der Waals surface area (Å²) < 4.78 is 10.3. The first-order chi connectivity index (χ1) is 12.2. The molecule has 0 fully saturated rings. The summed E-state index contributed by atoms with van der Waals surface area (Å²) in [4.78, 5) is 12.0. The number of hydrogen-bond acceptors (Lipinski definition) is 4. The molecule has 3 aromatic rings. The van der Waals surface area contributed by atoms with Crippen molar-refractivity contribution in [1.29, 1.82) is 0 Å². The van der Waals surface area contributed by atoms with Crippen LogP contribution in [0.5, 0.6) is 11.5 Å². The lowest BCUT2D eigenvalue weighted by atomic mass is 10.0. The summed E-state index contributed by atoms with van der Waals surface area (Å²) in [7, 11) is 1.57. The SMILES string of the molecule is COc1ccc(OC(=O)Nc2ccc(-c3ccccc3)cc2N)cc1. The molecule has 1 amide bonds. The first kappa shape index (κ1) is 16.4. The molecule has 0 saturated carbocycles. The summed E-state index contributed by atoms with van der Waals surface area (Å²) in [6.07, 6.45) is -0.607. The van der Waals surface area contributed by atoms with Crippen LogP contribution < -0.4 is 20.5 Å². The Hall–Kier alpha value is -3.47. The summed E-state index contributed by atoms with van der Waals surface area (Å²) in [5.41, 5.74) is 9.05. The van der Waals surface area contributed by atoms with Gasteiger partial charge in [-0.2, -0.15) is 0 Å². The van der Waals surface area contributed by atoms with E-state index in [1.165, 1.54) is 0 Å². The minimum Gasteiger partial charge on any atom is -0.497 e. The lowest BCUT2D eigenvalue weighted by Crippen LogP contribution is -2.17. The average molecular weight is 334 g/mol. The zero-order valence-corrected chi connectivity index (χ0v) is 13.7. The highest BCUT2D eigenvalue weighted by atomic mass is 16.6. The number of ether oxygens (including phenoxy) is 2. The van der Waals surface area contributed by atoms with Gasteiger partial charge < -0.3 is 15.2 Å². The fraction of sp³-hybridized carbons (Fsp3) is 0.0500. The number of amides is 1. The first-order valence-electron chi connectivity index (χ1n) is 7.73. The number of nitrogens with one attached hydrogen (secondary N) is 1. The Kier molecular flexibility index (Phi) is 4.85. The molecule has 0 saturated heterocycles. The first-order valence-corrected chi connectivity index (χ1v) is 7.73. The lowest BCUT2D eigenvalue weighted by molar-refractivity contribution is 0.215. The number of hydrogen-bond donors (Lipinski definition) is 2. The van der Waals surface area contributed by atoms with Crippen molar-refractivity contribution in [2.24, 2.45) is 0 Å². The molecule has 25 heavy (non-hydrogen) atoms. The van der Waals surface area contributed by atoms with Gasteiger partial charge in [-0.1, -0.05) is 36.4 Å². The monoisotopic (exact) mass is 334 g/mol. The summed E-state index contributed by atoms with van der Waals surface area (Å²) >= 11 is 0. The van der Waals surface area contributed by atoms with Gasteiger partial charge in [-0.05, 0) is 47.5 Å². The van der Waals surface area contributed by atoms with E-state index in [0.29, 0.717) is 22.9 Å². The summed E-state index contributed by atoms with van der Waals surface area (Å²) in [6, 6.07) is 22.1. The van der Waals surface area contributed by atoms with Gasteiger partial charge in [-0.3, -0.25) is 5.32 Å². The maximum Gasteiger partial charge on any atom is 0.417 e. The second-order valence-corrected chi connectivity index (χ2v) is 5.36. The third-order valence-corrected chi connectivity index (χ3v) is 3.67. The minimum atomic E-state index is -0.607. The van der Waals surface area contributed by atoms with Crippen LogP contribution in [0.4, 0.5) is 16.2 Å². The fourth-order valence-electron chi connectivity index (χ4n) is 2.37. The molecule has 0 aromatic heterocycles. The standard InChI is InChI=1S/C20H18N2O3/c1-24-16-8-10-17(11-9-16)25-20(23)22-19-12-7-15(13-18(19)21)14-5-3-2-4-6-14/h2-13H,21H2,1H3,(H,22,23). The molecule has 5 nitrogen and oxygen atoms in total. The number of carbonyl (C=O) groups excluding carboxylic acids is 1. The average Bonchev–Trinajstić information content (AvgIpc) is 2.65. The fourth-order valence-corrected chi connectivity index (χ4v) is 2.37. The molecule has 0 bridgehead atoms. The van der Waals surface area contributed by atoms with E-state index in [4.69, 9.17) is 15.2 Å². The Morgan fingerprint density at radius 2 is 1.56 bits per heavy atom. The molecule has 126 valence electrons. The number of methoxy groups -OCH3 is 1. The predicted molar refractivity (Wildman–Crippen MR) is 98.9 cm³/mol. The van der Waals surface area contributed by atoms with Gasteiger partial charge in [0.1, 0.15) is 11.5 Å². The molecule has 0 aliphatic heterocycles. The van der Waals surface area contributed by atoms with Crippen molar-refractivity contribution < 1.29 is 14.3 Å². The van der Waals surface area contributed by atoms with Crippen molar-refractivity contribution in [3.8, 4) is 22.6 Å². The highest BCUT2D eigenvalue weighted by molar-refractivity contribution is 5.91. The third kappa shape index (κ3) is 4.09. The molecule has 0 atom stereocenters. The van der Waals surface area contributed by atoms with Crippen molar-refractivity contribution in [2.75, 3.05) is 18.2 Å². The number of rotatable bonds is 4. The number of carbonyl (C=O) groups is 1. The molecule has 0 heterocycles. The van der Waals surface area contributed by atoms with Gasteiger partial charge in [0.05, 0.1) is 18.5 Å². The van der Waals surface area contributed by atoms with E-state index in [1.807, 2.05) is 42.5 Å². The highest BCUT2D eigenvalue weighted by Gasteiger charge is 2.09. The molecular formula is C20H18N2O3. The normalized spacial score (nSPS) is 10.1. The van der Waals surface area contributed by atoms with E-state index < -0.39 is 6.09 Å². The van der Waals surface area contributed by atoms with E-state index in [1.54, 1.807) is 37.4 Å². The Morgan fingerprint density at radius 1 is 0.880 bits per heavy atom. The molecule has 3 rings (SSSR count). The molecular weight excluding hydrogens is 316 g/mol. The number of anilines is 2. The summed E-state index contributed by atoms with van der Waals surface area (Å²) in [6.45, 7) is 0. The van der Waals surface area contributed by atoms with E-state index in [2.05, 4.69) is 5.32 Å². The molecule has 0 spiro atoms. The van der Waals surface area contributed by atoms with Gasteiger partial charge in [-0.25, -0.2) is 4.79 Å². The van der Waals surface area contributed by atoms with Crippen LogP contribution in [0.15, 0.2) is 72.8 Å². The zero-order chi connectivity index (χ0) is 17.6. The number of benzene rings is 3. The molecule has 0 aliphatic rings. The van der Waals surface area contributed by atoms with Crippen molar-refractivity contribution in [1.82, 2.24) is 0 Å². The Balaban J connectivity index is 1.68. The van der Waals surface area contributed by atoms with Crippen LogP contribution in [-0.2, 0) is 0 Å². The van der Waals surface area contributed by atoms with Gasteiger partial charge in [0.25, 0.3) is 0 Å². The lowest BCUT2D eigenvalue weighted by Gasteiger charge is -2.11. The van der Waals surface area contributed by atoms with Gasteiger partial charge in [0.15, 0.2) is 0 Å². The zero-order valence-electron chi connectivity index (χ0n) is 13.7. The molecule has 5 heteroatoms. The van der Waals surface area contributed by atoms with E-state index >= 15 is 0 Å². The maximum atomic E-state index is 12.0. The van der Waals surface area contributed by atoms with Crippen molar-refractivity contribution in [2.45, 2.75) is 0 Å². The van der Waals surface area contributed by atoms with E-state index in [0.717, 1.165) is 11.1 Å². The van der Waals surface area contributed by atoms with Gasteiger partial charge in [-0.15, -0.1) is 0 Å². The van der Waals surface area contributed by atoms with Crippen LogP contribution in [0.1, 0.15) is 0 Å². The van der Waals surface area contributed by atoms with E-state index in [-0.39, 0.29) is 0 Å². The minimum absolute atomic E-state index is 0.415. The van der Waals surface area contributed by atoms with Crippen molar-refractivity contribution in [3.05, 3.63) is 72.8 Å². The van der Waals surface area contributed by atoms with Crippen LogP contribution in [0.2, 0.25) is 0 Å². The Bertz CT molecular complexity index is 862. The quantitative estimate of drug-likeness (QED) is 0.686. The maximum absolute atomic E-state index is 12.0. The smallest absolute Gasteiger partial charge is 0.417 e. The van der Waals surface area contributed by atoms with Crippen LogP contribution in [-0.4, -0.2) is 13.2 Å². The molecule has 3 N–H and O–H groups in total. The van der Waals surface area contributed by atoms with Crippen LogP contribution in [0.3, 0.4) is 0 Å². The molecule has 3 aromatic carbocycles. The second-order valence-electron chi connectivity index (χ2n) is 5.36. The van der Waals surface area contributed by atoms with Crippen LogP contribution in [0, 0.1) is 0 Å². The van der Waals surface area contributed by atoms with Gasteiger partial charge in [0.2, 0.25) is 0 Å². The molecule has 0 aliphatic carbocycles. The molecule has 0 unspecified atom stereocenters. The Labute approximate surface area is 146 Å². The summed E-state index contributed by atoms with van der Waals surface area (Å²) in [5.74, 6) is 1.10. The summed E-state index contributed by atoms with van der Waals surface area (Å²) in [5, 5.41) is 2.65. The van der Waals surface area contributed by atoms with E-state index in [9.17, 15) is 4.79 Å². The van der Waals surface area contributed by atoms with Crippen LogP contribution in [0.25, 0.3) is 11.1 Å². The van der Waals surface area contributed by atoms with Crippen molar-refractivity contribution >= 4 is 17.5 Å². The van der Waals surface area contributed by atoms with Gasteiger partial charge in [0, 0.05) is 0 Å². The van der Waals surface area contributed by atoms with Gasteiger partial charge >= 0.3 is 6.09 Å². The van der Waals surface area contributed by atoms with Crippen LogP contribution >= 0.6 is 0 Å². The number of nitrogen functional groups attached to an aromatic ring is 1. The largest absolute Gasteiger partial charge is 0.497 e. The highest BCUT2D eigenvalue weighted by Crippen LogP contribution is 2.27. The second kappa shape index (κ2) is 7.40. The predicted octanol–water partition coefficient (Wildman–Crippen LogP) is 4.56. The molecule has 0 radical (unpaired) electrons. The Morgan fingerprint density at radius 3 is 2.20 bits per heavy atom. The third-order valence-electron chi connectivity index (χ3n) is 3.67. The van der Waals surface area contributed by atoms with Crippen molar-refractivity contribution in [3.63, 3.8) is 0 Å². The topological polar surface area (TPSA) is 73.6 Å². The number of nitrogens with two attached hydrogens (primary N) is 1.